The molecule has 0 aromatic heterocycles. The highest BCUT2D eigenvalue weighted by Crippen LogP contribution is 2.16. The summed E-state index contributed by atoms with van der Waals surface area (Å²) in [6, 6.07) is 18.5. The molecule has 3 heteroatoms. The molecule has 0 aliphatic carbocycles. The molecule has 2 nitrogen and oxygen atoms in total. The number of nitrogens with one attached hydrogen (secondary N) is 2. The van der Waals surface area contributed by atoms with Gasteiger partial charge in [-0.2, -0.15) is 0 Å². The van der Waals surface area contributed by atoms with E-state index in [1.807, 2.05) is 18.2 Å². The molecule has 2 rings (SSSR count). The molecule has 0 fully saturated rings. The Hall–Kier alpha value is -1.74. The second-order valence-electron chi connectivity index (χ2n) is 4.88. The zero-order valence-corrected chi connectivity index (χ0v) is 13.9. The molecule has 0 bridgehead atoms. The van der Waals surface area contributed by atoms with Gasteiger partial charge in [-0.05, 0) is 42.3 Å². The van der Waals surface area contributed by atoms with E-state index in [0.717, 1.165) is 28.9 Å². The first-order chi connectivity index (χ1) is 10.3. The summed E-state index contributed by atoms with van der Waals surface area (Å²) in [5.74, 6) is 1.02. The van der Waals surface area contributed by atoms with Gasteiger partial charge < -0.3 is 10.6 Å². The summed E-state index contributed by atoms with van der Waals surface area (Å²) in [7, 11) is 0. The quantitative estimate of drug-likeness (QED) is 0.670. The van der Waals surface area contributed by atoms with Crippen molar-refractivity contribution in [2.45, 2.75) is 19.8 Å². The normalized spacial score (nSPS) is 11.2. The average Bonchev–Trinajstić information content (AvgIpc) is 2.51. The van der Waals surface area contributed by atoms with Crippen LogP contribution in [-0.2, 0) is 0 Å². The molecule has 0 heterocycles. The molecule has 0 aliphatic heterocycles. The fourth-order valence-electron chi connectivity index (χ4n) is 1.94. The van der Waals surface area contributed by atoms with Crippen LogP contribution in [0.4, 0.5) is 5.69 Å². The molecule has 2 N–H and O–H groups in total. The molecule has 0 aliphatic rings. The summed E-state index contributed by atoms with van der Waals surface area (Å²) in [5, 5.41) is 6.91. The van der Waals surface area contributed by atoms with Crippen molar-refractivity contribution in [3.8, 4) is 0 Å². The van der Waals surface area contributed by atoms with Crippen LogP contribution in [0.15, 0.2) is 64.9 Å². The Kier molecular flexibility index (Phi) is 6.35. The lowest BCUT2D eigenvalue weighted by Crippen LogP contribution is -2.20. The molecule has 110 valence electrons. The van der Waals surface area contributed by atoms with Crippen molar-refractivity contribution in [2.75, 3.05) is 11.9 Å². The van der Waals surface area contributed by atoms with Gasteiger partial charge in [0.25, 0.3) is 0 Å². The molecule has 21 heavy (non-hydrogen) atoms. The summed E-state index contributed by atoms with van der Waals surface area (Å²) in [5.41, 5.74) is 2.26. The maximum atomic E-state index is 3.47. The fourth-order valence-corrected chi connectivity index (χ4v) is 2.20. The first kappa shape index (κ1) is 15.6. The van der Waals surface area contributed by atoms with Gasteiger partial charge in [-0.3, -0.25) is 0 Å². The average molecular weight is 345 g/mol. The first-order valence-electron chi connectivity index (χ1n) is 7.31. The third-order valence-corrected chi connectivity index (χ3v) is 3.61. The van der Waals surface area contributed by atoms with Gasteiger partial charge in [-0.25, -0.2) is 0 Å². The number of hydrogen-bond acceptors (Lipinski definition) is 2. The molecule has 0 atom stereocenters. The van der Waals surface area contributed by atoms with Gasteiger partial charge in [-0.1, -0.05) is 59.6 Å². The van der Waals surface area contributed by atoms with Crippen molar-refractivity contribution in [3.05, 3.63) is 70.5 Å². The van der Waals surface area contributed by atoms with Crippen LogP contribution in [0.1, 0.15) is 25.3 Å². The van der Waals surface area contributed by atoms with E-state index in [4.69, 9.17) is 0 Å². The zero-order valence-electron chi connectivity index (χ0n) is 12.3. The fraction of sp³-hybridized carbons (Fsp3) is 0.222. The van der Waals surface area contributed by atoms with E-state index in [2.05, 4.69) is 76.0 Å². The van der Waals surface area contributed by atoms with Crippen LogP contribution in [0.25, 0.3) is 6.08 Å². The van der Waals surface area contributed by atoms with Crippen LogP contribution >= 0.6 is 15.9 Å². The Labute approximate surface area is 135 Å². The third kappa shape index (κ3) is 5.64. The summed E-state index contributed by atoms with van der Waals surface area (Å²) in [6.45, 7) is 3.17. The highest BCUT2D eigenvalue weighted by Gasteiger charge is 1.99. The predicted molar refractivity (Wildman–Crippen MR) is 95.1 cm³/mol. The number of hydrogen-bond donors (Lipinski definition) is 2. The molecule has 0 saturated carbocycles. The monoisotopic (exact) mass is 344 g/mol. The second kappa shape index (κ2) is 8.53. The van der Waals surface area contributed by atoms with Crippen molar-refractivity contribution >= 4 is 27.7 Å². The number of halogens is 1. The smallest absolute Gasteiger partial charge is 0.104 e. The Balaban J connectivity index is 2.11. The Morgan fingerprint density at radius 2 is 1.76 bits per heavy atom. The summed E-state index contributed by atoms with van der Waals surface area (Å²) < 4.78 is 1.08. The third-order valence-electron chi connectivity index (χ3n) is 3.08. The standard InChI is InChI=1S/C18H21BrN2/c1-2-3-13-20-18(14-15-7-5-4-6-8-15)21-17-11-9-16(19)10-12-17/h4-12,14,20-21H,2-3,13H2,1H3/b18-14+. The number of unbranched alkanes of at least 4 members (excludes halogenated alkanes) is 1. The van der Waals surface area contributed by atoms with Crippen molar-refractivity contribution in [1.82, 2.24) is 5.32 Å². The van der Waals surface area contributed by atoms with Crippen LogP contribution in [0.2, 0.25) is 0 Å². The highest BCUT2D eigenvalue weighted by molar-refractivity contribution is 9.10. The van der Waals surface area contributed by atoms with E-state index in [-0.39, 0.29) is 0 Å². The van der Waals surface area contributed by atoms with Crippen molar-refractivity contribution in [2.24, 2.45) is 0 Å². The minimum Gasteiger partial charge on any atom is -0.372 e. The van der Waals surface area contributed by atoms with E-state index in [1.165, 1.54) is 12.0 Å². The van der Waals surface area contributed by atoms with Gasteiger partial charge in [0.05, 0.1) is 0 Å². The van der Waals surface area contributed by atoms with Crippen molar-refractivity contribution < 1.29 is 0 Å². The maximum Gasteiger partial charge on any atom is 0.104 e. The lowest BCUT2D eigenvalue weighted by Gasteiger charge is -2.14. The summed E-state index contributed by atoms with van der Waals surface area (Å²) in [6.07, 6.45) is 4.48. The van der Waals surface area contributed by atoms with Crippen LogP contribution in [0.5, 0.6) is 0 Å². The predicted octanol–water partition coefficient (Wildman–Crippen LogP) is 5.25. The van der Waals surface area contributed by atoms with Gasteiger partial charge in [0.15, 0.2) is 0 Å². The van der Waals surface area contributed by atoms with E-state index < -0.39 is 0 Å². The summed E-state index contributed by atoms with van der Waals surface area (Å²) in [4.78, 5) is 0. The number of benzene rings is 2. The molecular formula is C18H21BrN2. The zero-order chi connectivity index (χ0) is 14.9. The van der Waals surface area contributed by atoms with E-state index in [0.29, 0.717) is 0 Å². The van der Waals surface area contributed by atoms with Gasteiger partial charge in [0.1, 0.15) is 5.82 Å². The lowest BCUT2D eigenvalue weighted by molar-refractivity contribution is 0.715. The maximum absolute atomic E-state index is 3.47. The van der Waals surface area contributed by atoms with E-state index >= 15 is 0 Å². The highest BCUT2D eigenvalue weighted by atomic mass is 79.9. The molecule has 0 unspecified atom stereocenters. The SMILES string of the molecule is CCCCN/C(=C\c1ccccc1)Nc1ccc(Br)cc1. The van der Waals surface area contributed by atoms with Gasteiger partial charge in [0, 0.05) is 16.7 Å². The molecule has 0 spiro atoms. The topological polar surface area (TPSA) is 24.1 Å². The van der Waals surface area contributed by atoms with Crippen LogP contribution in [0.3, 0.4) is 0 Å². The molecular weight excluding hydrogens is 324 g/mol. The lowest BCUT2D eigenvalue weighted by atomic mass is 10.2. The molecule has 0 saturated heterocycles. The largest absolute Gasteiger partial charge is 0.372 e. The van der Waals surface area contributed by atoms with Gasteiger partial charge in [0.2, 0.25) is 0 Å². The first-order valence-corrected chi connectivity index (χ1v) is 8.10. The van der Waals surface area contributed by atoms with Gasteiger partial charge >= 0.3 is 0 Å². The van der Waals surface area contributed by atoms with Crippen LogP contribution in [0, 0.1) is 0 Å². The molecule has 2 aromatic carbocycles. The van der Waals surface area contributed by atoms with Crippen LogP contribution < -0.4 is 10.6 Å². The molecule has 0 amide bonds. The van der Waals surface area contributed by atoms with E-state index in [9.17, 15) is 0 Å². The number of rotatable bonds is 7. The Morgan fingerprint density at radius 1 is 1.05 bits per heavy atom. The minimum absolute atomic E-state index is 0.971. The van der Waals surface area contributed by atoms with Crippen molar-refractivity contribution in [1.29, 1.82) is 0 Å². The van der Waals surface area contributed by atoms with Gasteiger partial charge in [-0.15, -0.1) is 0 Å². The Morgan fingerprint density at radius 3 is 2.43 bits per heavy atom. The van der Waals surface area contributed by atoms with Crippen LogP contribution in [-0.4, -0.2) is 6.54 Å². The summed E-state index contributed by atoms with van der Waals surface area (Å²) >= 11 is 3.46. The Bertz CT molecular complexity index is 562. The minimum atomic E-state index is 0.971. The second-order valence-corrected chi connectivity index (χ2v) is 5.80. The van der Waals surface area contributed by atoms with E-state index in [1.54, 1.807) is 0 Å². The number of anilines is 1. The molecule has 0 radical (unpaired) electrons. The van der Waals surface area contributed by atoms with Crippen molar-refractivity contribution in [3.63, 3.8) is 0 Å². The molecule has 2 aromatic rings.